The molecular formula is C20H28N4O3. The van der Waals surface area contributed by atoms with E-state index in [-0.39, 0.29) is 23.9 Å². The maximum absolute atomic E-state index is 12.4. The Kier molecular flexibility index (Phi) is 6.32. The number of nitrogens with two attached hydrogens (primary N) is 1. The zero-order valence-corrected chi connectivity index (χ0v) is 15.6. The number of rotatable bonds is 4. The normalized spacial score (nSPS) is 18.7. The van der Waals surface area contributed by atoms with Crippen LogP contribution in [0.15, 0.2) is 24.3 Å². The smallest absolute Gasteiger partial charge is 0.321 e. The third-order valence-electron chi connectivity index (χ3n) is 5.53. The van der Waals surface area contributed by atoms with Gasteiger partial charge in [-0.2, -0.15) is 0 Å². The van der Waals surface area contributed by atoms with Crippen molar-refractivity contribution in [1.82, 2.24) is 10.2 Å². The molecule has 146 valence electrons. The number of anilines is 1. The number of carbonyl (C=O) groups excluding carboxylic acids is 3. The van der Waals surface area contributed by atoms with E-state index < -0.39 is 5.91 Å². The lowest BCUT2D eigenvalue weighted by molar-refractivity contribution is -0.126. The molecule has 1 aliphatic carbocycles. The van der Waals surface area contributed by atoms with Crippen molar-refractivity contribution in [2.24, 2.45) is 11.7 Å². The summed E-state index contributed by atoms with van der Waals surface area (Å²) in [5, 5.41) is 6.01. The molecule has 2 fully saturated rings. The van der Waals surface area contributed by atoms with Gasteiger partial charge in [-0.05, 0) is 49.9 Å². The van der Waals surface area contributed by atoms with Crippen LogP contribution in [-0.4, -0.2) is 41.9 Å². The Bertz CT molecular complexity index is 675. The van der Waals surface area contributed by atoms with Crippen molar-refractivity contribution in [2.45, 2.75) is 51.0 Å². The summed E-state index contributed by atoms with van der Waals surface area (Å²) in [6, 6.07) is 6.48. The van der Waals surface area contributed by atoms with Crippen LogP contribution in [0.3, 0.4) is 0 Å². The highest BCUT2D eigenvalue weighted by molar-refractivity contribution is 5.94. The summed E-state index contributed by atoms with van der Waals surface area (Å²) in [5.41, 5.74) is 6.24. The summed E-state index contributed by atoms with van der Waals surface area (Å²) in [5.74, 6) is -0.138. The van der Waals surface area contributed by atoms with Gasteiger partial charge in [-0.25, -0.2) is 4.79 Å². The van der Waals surface area contributed by atoms with Gasteiger partial charge in [-0.15, -0.1) is 0 Å². The number of hydrogen-bond acceptors (Lipinski definition) is 3. The van der Waals surface area contributed by atoms with Crippen molar-refractivity contribution >= 4 is 23.5 Å². The lowest BCUT2D eigenvalue weighted by Gasteiger charge is -2.33. The number of amides is 4. The number of carbonyl (C=O) groups is 3. The van der Waals surface area contributed by atoms with Crippen LogP contribution in [0.5, 0.6) is 0 Å². The first-order valence-electron chi connectivity index (χ1n) is 9.79. The summed E-state index contributed by atoms with van der Waals surface area (Å²) in [4.78, 5) is 37.6. The maximum atomic E-state index is 12.4. The fourth-order valence-electron chi connectivity index (χ4n) is 3.83. The van der Waals surface area contributed by atoms with E-state index in [1.807, 2.05) is 0 Å². The predicted octanol–water partition coefficient (Wildman–Crippen LogP) is 2.48. The minimum Gasteiger partial charge on any atom is -0.366 e. The molecule has 1 saturated carbocycles. The van der Waals surface area contributed by atoms with E-state index in [1.165, 1.54) is 6.42 Å². The van der Waals surface area contributed by atoms with Crippen molar-refractivity contribution in [3.8, 4) is 0 Å². The number of piperidine rings is 1. The van der Waals surface area contributed by atoms with Gasteiger partial charge in [0.15, 0.2) is 0 Å². The Morgan fingerprint density at radius 3 is 2.15 bits per heavy atom. The lowest BCUT2D eigenvalue weighted by Crippen LogP contribution is -2.49. The fraction of sp³-hybridized carbons (Fsp3) is 0.550. The van der Waals surface area contributed by atoms with Crippen LogP contribution in [0.1, 0.15) is 55.3 Å². The molecule has 4 N–H and O–H groups in total. The van der Waals surface area contributed by atoms with Crippen molar-refractivity contribution in [3.63, 3.8) is 0 Å². The van der Waals surface area contributed by atoms with Gasteiger partial charge in [0.1, 0.15) is 0 Å². The minimum atomic E-state index is -0.495. The Labute approximate surface area is 159 Å². The van der Waals surface area contributed by atoms with Gasteiger partial charge in [0.2, 0.25) is 11.8 Å². The van der Waals surface area contributed by atoms with E-state index in [2.05, 4.69) is 10.6 Å². The van der Waals surface area contributed by atoms with E-state index in [0.29, 0.717) is 24.3 Å². The van der Waals surface area contributed by atoms with Gasteiger partial charge in [0.05, 0.1) is 0 Å². The van der Waals surface area contributed by atoms with Crippen molar-refractivity contribution in [2.75, 3.05) is 18.4 Å². The molecule has 0 aromatic heterocycles. The molecule has 7 nitrogen and oxygen atoms in total. The van der Waals surface area contributed by atoms with Crippen LogP contribution in [-0.2, 0) is 4.79 Å². The SMILES string of the molecule is NC(=O)c1ccc(NC(=O)N2CCC(NC(=O)C3CCCCC3)CC2)cc1. The molecule has 0 spiro atoms. The molecule has 0 radical (unpaired) electrons. The second kappa shape index (κ2) is 8.88. The number of likely N-dealkylation sites (tertiary alicyclic amines) is 1. The Balaban J connectivity index is 1.43. The molecule has 0 unspecified atom stereocenters. The van der Waals surface area contributed by atoms with E-state index in [9.17, 15) is 14.4 Å². The molecule has 3 rings (SSSR count). The second-order valence-electron chi connectivity index (χ2n) is 7.48. The molecule has 1 aromatic carbocycles. The summed E-state index contributed by atoms with van der Waals surface area (Å²) in [6.07, 6.45) is 7.08. The third kappa shape index (κ3) is 5.21. The molecule has 27 heavy (non-hydrogen) atoms. The van der Waals surface area contributed by atoms with E-state index in [0.717, 1.165) is 38.5 Å². The van der Waals surface area contributed by atoms with Gasteiger partial charge in [-0.1, -0.05) is 19.3 Å². The van der Waals surface area contributed by atoms with Crippen LogP contribution in [0, 0.1) is 5.92 Å². The molecule has 7 heteroatoms. The zero-order chi connectivity index (χ0) is 19.2. The summed E-state index contributed by atoms with van der Waals surface area (Å²) in [6.45, 7) is 1.22. The number of hydrogen-bond donors (Lipinski definition) is 3. The topological polar surface area (TPSA) is 105 Å². The number of urea groups is 1. The standard InChI is InChI=1S/C20H28N4O3/c21-18(25)14-6-8-16(9-7-14)23-20(27)24-12-10-17(11-13-24)22-19(26)15-4-2-1-3-5-15/h6-9,15,17H,1-5,10-13H2,(H2,21,25)(H,22,26)(H,23,27). The zero-order valence-electron chi connectivity index (χ0n) is 15.6. The molecule has 0 bridgehead atoms. The van der Waals surface area contributed by atoms with Gasteiger partial charge in [-0.3, -0.25) is 9.59 Å². The Morgan fingerprint density at radius 1 is 0.926 bits per heavy atom. The molecule has 1 aliphatic heterocycles. The van der Waals surface area contributed by atoms with Crippen molar-refractivity contribution < 1.29 is 14.4 Å². The number of nitrogens with one attached hydrogen (secondary N) is 2. The van der Waals surface area contributed by atoms with Crippen LogP contribution >= 0.6 is 0 Å². The highest BCUT2D eigenvalue weighted by atomic mass is 16.2. The highest BCUT2D eigenvalue weighted by Gasteiger charge is 2.27. The van der Waals surface area contributed by atoms with Crippen LogP contribution in [0.2, 0.25) is 0 Å². The molecule has 1 saturated heterocycles. The Hall–Kier alpha value is -2.57. The monoisotopic (exact) mass is 372 g/mol. The Morgan fingerprint density at radius 2 is 1.56 bits per heavy atom. The lowest BCUT2D eigenvalue weighted by atomic mass is 9.88. The highest BCUT2D eigenvalue weighted by Crippen LogP contribution is 2.24. The van der Waals surface area contributed by atoms with Crippen LogP contribution in [0.25, 0.3) is 0 Å². The first-order chi connectivity index (χ1) is 13.0. The van der Waals surface area contributed by atoms with Crippen LogP contribution < -0.4 is 16.4 Å². The summed E-state index contributed by atoms with van der Waals surface area (Å²) < 4.78 is 0. The molecular weight excluding hydrogens is 344 g/mol. The summed E-state index contributed by atoms with van der Waals surface area (Å²) in [7, 11) is 0. The average molecular weight is 372 g/mol. The second-order valence-corrected chi connectivity index (χ2v) is 7.48. The predicted molar refractivity (Wildman–Crippen MR) is 103 cm³/mol. The number of nitrogens with zero attached hydrogens (tertiary/aromatic N) is 1. The molecule has 2 aliphatic rings. The maximum Gasteiger partial charge on any atom is 0.321 e. The van der Waals surface area contributed by atoms with Crippen molar-refractivity contribution in [1.29, 1.82) is 0 Å². The van der Waals surface area contributed by atoms with E-state index in [4.69, 9.17) is 5.73 Å². The van der Waals surface area contributed by atoms with Crippen molar-refractivity contribution in [3.05, 3.63) is 29.8 Å². The molecule has 4 amide bonds. The van der Waals surface area contributed by atoms with E-state index in [1.54, 1.807) is 29.2 Å². The molecule has 1 aromatic rings. The quantitative estimate of drug-likeness (QED) is 0.756. The van der Waals surface area contributed by atoms with Gasteiger partial charge in [0.25, 0.3) is 0 Å². The first kappa shape index (κ1) is 19.2. The first-order valence-corrected chi connectivity index (χ1v) is 9.79. The minimum absolute atomic E-state index is 0.151. The number of benzene rings is 1. The number of primary amides is 1. The molecule has 0 atom stereocenters. The molecule has 1 heterocycles. The summed E-state index contributed by atoms with van der Waals surface area (Å²) >= 11 is 0. The van der Waals surface area contributed by atoms with Gasteiger partial charge in [0, 0.05) is 36.3 Å². The third-order valence-corrected chi connectivity index (χ3v) is 5.53. The largest absolute Gasteiger partial charge is 0.366 e. The van der Waals surface area contributed by atoms with Crippen LogP contribution in [0.4, 0.5) is 10.5 Å². The average Bonchev–Trinajstić information content (AvgIpc) is 2.69. The fourth-order valence-corrected chi connectivity index (χ4v) is 3.83. The van der Waals surface area contributed by atoms with Gasteiger partial charge < -0.3 is 21.3 Å². The van der Waals surface area contributed by atoms with E-state index >= 15 is 0 Å². The van der Waals surface area contributed by atoms with Gasteiger partial charge >= 0.3 is 6.03 Å².